The second-order valence-electron chi connectivity index (χ2n) is 9.84. The number of benzene rings is 1. The van der Waals surface area contributed by atoms with Crippen LogP contribution in [-0.2, 0) is 31.1 Å². The quantitative estimate of drug-likeness (QED) is 0.394. The summed E-state index contributed by atoms with van der Waals surface area (Å²) in [5.74, 6) is 0.392. The lowest BCUT2D eigenvalue weighted by molar-refractivity contribution is -0.139. The Morgan fingerprint density at radius 3 is 2.60 bits per heavy atom. The number of anilines is 1. The Bertz CT molecular complexity index is 1360. The summed E-state index contributed by atoms with van der Waals surface area (Å²) in [6.45, 7) is 3.71. The van der Waals surface area contributed by atoms with Gasteiger partial charge in [-0.1, -0.05) is 32.0 Å². The summed E-state index contributed by atoms with van der Waals surface area (Å²) in [6.07, 6.45) is 9.40. The molecule has 1 aromatic carbocycles. The highest BCUT2D eigenvalue weighted by molar-refractivity contribution is 5.67. The fourth-order valence-corrected chi connectivity index (χ4v) is 4.49. The largest absolute Gasteiger partial charge is 0.481 e. The maximum absolute atomic E-state index is 11.0. The highest BCUT2D eigenvalue weighted by Crippen LogP contribution is 2.30. The summed E-state index contributed by atoms with van der Waals surface area (Å²) < 4.78 is 7.54. The first-order valence-corrected chi connectivity index (χ1v) is 11.5. The lowest BCUT2D eigenvalue weighted by Gasteiger charge is -2.19. The number of hydrogen-bond donors (Lipinski definition) is 2. The predicted octanol–water partition coefficient (Wildman–Crippen LogP) is 3.55. The fraction of sp³-hybridized carbons (Fsp3) is 0.360. The van der Waals surface area contributed by atoms with Crippen LogP contribution in [0.15, 0.2) is 47.4 Å². The van der Waals surface area contributed by atoms with Crippen LogP contribution in [0.5, 0.6) is 0 Å². The summed E-state index contributed by atoms with van der Waals surface area (Å²) in [5, 5.41) is 24.9. The summed E-state index contributed by atoms with van der Waals surface area (Å²) >= 11 is 0. The fourth-order valence-electron chi connectivity index (χ4n) is 4.49. The van der Waals surface area contributed by atoms with Gasteiger partial charge >= 0.3 is 5.97 Å². The summed E-state index contributed by atoms with van der Waals surface area (Å²) in [7, 11) is 1.92. The number of aromatic nitrogens is 6. The van der Waals surface area contributed by atoms with Crippen LogP contribution in [0.4, 0.5) is 5.95 Å². The van der Waals surface area contributed by atoms with E-state index in [0.717, 1.165) is 18.4 Å². The minimum Gasteiger partial charge on any atom is -0.481 e. The van der Waals surface area contributed by atoms with Crippen LogP contribution in [0.2, 0.25) is 0 Å². The maximum atomic E-state index is 11.0. The topological polar surface area (TPSA) is 132 Å². The van der Waals surface area contributed by atoms with Crippen molar-refractivity contribution in [1.82, 2.24) is 29.9 Å². The smallest absolute Gasteiger partial charge is 0.303 e. The Morgan fingerprint density at radius 2 is 1.89 bits per heavy atom. The number of nitrogens with zero attached hydrogens (tertiary/aromatic N) is 6. The third-order valence-electron chi connectivity index (χ3n) is 6.14. The lowest BCUT2D eigenvalue weighted by Crippen LogP contribution is -2.20. The normalized spacial score (nSPS) is 15.2. The van der Waals surface area contributed by atoms with Crippen molar-refractivity contribution in [2.75, 3.05) is 5.32 Å². The first kappa shape index (κ1) is 22.7. The molecular weight excluding hydrogens is 446 g/mol. The number of carbonyl (C=O) groups is 1. The number of aliphatic carboxylic acids is 1. The van der Waals surface area contributed by atoms with Gasteiger partial charge in [0.2, 0.25) is 11.8 Å². The second-order valence-corrected chi connectivity index (χ2v) is 9.84. The third kappa shape index (κ3) is 5.21. The molecule has 0 saturated carbocycles. The van der Waals surface area contributed by atoms with Gasteiger partial charge < -0.3 is 14.8 Å². The van der Waals surface area contributed by atoms with Gasteiger partial charge in [-0.15, -0.1) is 10.2 Å². The van der Waals surface area contributed by atoms with Crippen molar-refractivity contribution >= 4 is 11.9 Å². The van der Waals surface area contributed by atoms with E-state index in [-0.39, 0.29) is 12.5 Å². The summed E-state index contributed by atoms with van der Waals surface area (Å²) in [5.41, 5.74) is 5.06. The lowest BCUT2D eigenvalue weighted by atomic mass is 9.86. The predicted molar refractivity (Wildman–Crippen MR) is 129 cm³/mol. The molecule has 1 aliphatic carbocycles. The van der Waals surface area contributed by atoms with Crippen molar-refractivity contribution < 1.29 is 14.3 Å². The summed E-state index contributed by atoms with van der Waals surface area (Å²) in [4.78, 5) is 19.9. The van der Waals surface area contributed by atoms with Gasteiger partial charge in [-0.25, -0.2) is 9.97 Å². The zero-order chi connectivity index (χ0) is 24.6. The number of hydrogen-bond acceptors (Lipinski definition) is 8. The Balaban J connectivity index is 1.21. The molecule has 0 bridgehead atoms. The molecule has 4 aromatic rings. The molecule has 0 spiro atoms. The second kappa shape index (κ2) is 8.94. The van der Waals surface area contributed by atoms with Crippen LogP contribution in [0.25, 0.3) is 22.6 Å². The van der Waals surface area contributed by atoms with Crippen LogP contribution in [0.1, 0.15) is 37.3 Å². The Kier molecular flexibility index (Phi) is 5.80. The van der Waals surface area contributed by atoms with E-state index in [1.165, 1.54) is 16.7 Å². The molecular formula is C25H27N7O3. The minimum atomic E-state index is -0.856. The average molecular weight is 474 g/mol. The maximum Gasteiger partial charge on any atom is 0.303 e. The van der Waals surface area contributed by atoms with E-state index < -0.39 is 11.4 Å². The highest BCUT2D eigenvalue weighted by atomic mass is 16.4. The zero-order valence-corrected chi connectivity index (χ0v) is 19.9. The molecule has 180 valence electrons. The van der Waals surface area contributed by atoms with E-state index in [1.807, 2.05) is 38.0 Å². The molecule has 0 amide bonds. The van der Waals surface area contributed by atoms with Crippen LogP contribution >= 0.6 is 0 Å². The summed E-state index contributed by atoms with van der Waals surface area (Å²) in [6, 6.07) is 6.79. The Hall–Kier alpha value is -4.08. The van der Waals surface area contributed by atoms with Gasteiger partial charge in [-0.2, -0.15) is 5.10 Å². The number of rotatable bonds is 8. The van der Waals surface area contributed by atoms with Crippen LogP contribution in [0.3, 0.4) is 0 Å². The van der Waals surface area contributed by atoms with E-state index in [1.54, 1.807) is 12.4 Å². The Labute approximate surface area is 202 Å². The van der Waals surface area contributed by atoms with Crippen molar-refractivity contribution in [3.63, 3.8) is 0 Å². The molecule has 3 aromatic heterocycles. The molecule has 2 N–H and O–H groups in total. The van der Waals surface area contributed by atoms with Crippen molar-refractivity contribution in [1.29, 1.82) is 0 Å². The van der Waals surface area contributed by atoms with Gasteiger partial charge in [0, 0.05) is 43.7 Å². The monoisotopic (exact) mass is 473 g/mol. The molecule has 3 heterocycles. The molecule has 0 saturated heterocycles. The number of aryl methyl sites for hydroxylation is 1. The van der Waals surface area contributed by atoms with Crippen molar-refractivity contribution in [2.45, 2.75) is 45.6 Å². The number of carboxylic acid groups (broad SMARTS) is 1. The van der Waals surface area contributed by atoms with Crippen molar-refractivity contribution in [3.8, 4) is 22.6 Å². The van der Waals surface area contributed by atoms with E-state index in [4.69, 9.17) is 9.52 Å². The van der Waals surface area contributed by atoms with Gasteiger partial charge in [0.25, 0.3) is 5.89 Å². The Morgan fingerprint density at radius 1 is 1.11 bits per heavy atom. The van der Waals surface area contributed by atoms with Gasteiger partial charge in [-0.3, -0.25) is 9.48 Å². The zero-order valence-electron chi connectivity index (χ0n) is 19.9. The molecule has 0 radical (unpaired) electrons. The number of carboxylic acids is 1. The number of fused-ring (bicyclic) bond motifs is 1. The highest BCUT2D eigenvalue weighted by Gasteiger charge is 2.26. The molecule has 0 fully saturated rings. The molecule has 5 rings (SSSR count). The molecule has 1 atom stereocenters. The van der Waals surface area contributed by atoms with Crippen molar-refractivity contribution in [2.24, 2.45) is 12.5 Å². The van der Waals surface area contributed by atoms with E-state index >= 15 is 0 Å². The standard InChI is InChI=1S/C25H27N7O3/c1-25(2,10-22(33)34)9-21-30-31-23(35-21)18-11-26-24(27-12-18)29-20-7-16-5-4-15(6-17(16)8-20)19-13-28-32(3)14-19/h4-6,11-14,20H,7-10H2,1-3H3,(H,33,34)(H,26,27,29). The molecule has 1 aliphatic rings. The molecule has 10 heteroatoms. The minimum absolute atomic E-state index is 0.0179. The van der Waals surface area contributed by atoms with Gasteiger partial charge in [0.1, 0.15) is 0 Å². The van der Waals surface area contributed by atoms with Crippen LogP contribution in [0, 0.1) is 5.41 Å². The first-order valence-electron chi connectivity index (χ1n) is 11.5. The van der Waals surface area contributed by atoms with Gasteiger partial charge in [-0.05, 0) is 34.9 Å². The van der Waals surface area contributed by atoms with E-state index in [9.17, 15) is 4.79 Å². The molecule has 1 unspecified atom stereocenters. The molecule has 10 nitrogen and oxygen atoms in total. The van der Waals surface area contributed by atoms with Crippen LogP contribution < -0.4 is 5.32 Å². The van der Waals surface area contributed by atoms with Gasteiger partial charge in [0.05, 0.1) is 18.2 Å². The third-order valence-corrected chi connectivity index (χ3v) is 6.14. The molecule has 35 heavy (non-hydrogen) atoms. The van der Waals surface area contributed by atoms with Crippen molar-refractivity contribution in [3.05, 3.63) is 60.0 Å². The van der Waals surface area contributed by atoms with Crippen LogP contribution in [-0.4, -0.2) is 47.1 Å². The van der Waals surface area contributed by atoms with E-state index in [0.29, 0.717) is 29.7 Å². The molecule has 0 aliphatic heterocycles. The van der Waals surface area contributed by atoms with Gasteiger partial charge in [0.15, 0.2) is 0 Å². The SMILES string of the molecule is Cn1cc(-c2ccc3c(c2)CC(Nc2ncc(-c4nnc(CC(C)(C)CC(=O)O)o4)cn2)C3)cn1. The number of nitrogens with one attached hydrogen (secondary N) is 1. The first-order chi connectivity index (χ1) is 16.7. The average Bonchev–Trinajstić information content (AvgIpc) is 3.52. The van der Waals surface area contributed by atoms with E-state index in [2.05, 4.69) is 48.8 Å².